The van der Waals surface area contributed by atoms with Crippen LogP contribution in [0, 0.1) is 0 Å². The fourth-order valence-electron chi connectivity index (χ4n) is 2.95. The third-order valence-electron chi connectivity index (χ3n) is 4.14. The number of aryl methyl sites for hydroxylation is 2. The van der Waals surface area contributed by atoms with Crippen LogP contribution in [0.3, 0.4) is 0 Å². The zero-order valence-corrected chi connectivity index (χ0v) is 15.5. The molecule has 2 heterocycles. The smallest absolute Gasteiger partial charge is 0.355 e. The molecule has 1 aliphatic carbocycles. The Hall–Kier alpha value is -2.61. The highest BCUT2D eigenvalue weighted by Gasteiger charge is 2.28. The molecular formula is C18H20N2O5S. The summed E-state index contributed by atoms with van der Waals surface area (Å²) in [6, 6.07) is 3.33. The molecule has 0 atom stereocenters. The first kappa shape index (κ1) is 18.2. The second kappa shape index (κ2) is 7.74. The van der Waals surface area contributed by atoms with Gasteiger partial charge in [-0.25, -0.2) is 9.59 Å². The molecular weight excluding hydrogens is 356 g/mol. The van der Waals surface area contributed by atoms with E-state index in [4.69, 9.17) is 9.47 Å². The highest BCUT2D eigenvalue weighted by Crippen LogP contribution is 2.39. The standard InChI is InChI=1S/C18H20N2O5S/c1-3-24-18(23)15-11-6-4-8-13(11)26-16(15)19-14(21)10-25-17(22)12-7-5-9-20(12)2/h5,7,9H,3-4,6,8,10H2,1-2H3,(H,19,21). The van der Waals surface area contributed by atoms with Crippen LogP contribution in [-0.2, 0) is 34.2 Å². The largest absolute Gasteiger partial charge is 0.462 e. The predicted octanol–water partition coefficient (Wildman–Crippen LogP) is 2.55. The first-order valence-electron chi connectivity index (χ1n) is 8.41. The average molecular weight is 376 g/mol. The molecule has 0 saturated carbocycles. The lowest BCUT2D eigenvalue weighted by atomic mass is 10.1. The van der Waals surface area contributed by atoms with Gasteiger partial charge in [0.25, 0.3) is 5.91 Å². The molecule has 0 radical (unpaired) electrons. The Morgan fingerprint density at radius 3 is 2.73 bits per heavy atom. The fraction of sp³-hybridized carbons (Fsp3) is 0.389. The van der Waals surface area contributed by atoms with Crippen LogP contribution in [0.5, 0.6) is 0 Å². The third kappa shape index (κ3) is 3.65. The zero-order valence-electron chi connectivity index (χ0n) is 14.7. The molecule has 7 nitrogen and oxygen atoms in total. The molecule has 2 aromatic heterocycles. The lowest BCUT2D eigenvalue weighted by molar-refractivity contribution is -0.119. The van der Waals surface area contributed by atoms with E-state index in [1.165, 1.54) is 11.3 Å². The lowest BCUT2D eigenvalue weighted by Gasteiger charge is -2.09. The summed E-state index contributed by atoms with van der Waals surface area (Å²) in [5, 5.41) is 3.16. The number of carbonyl (C=O) groups excluding carboxylic acids is 3. The Kier molecular flexibility index (Phi) is 5.41. The van der Waals surface area contributed by atoms with Gasteiger partial charge in [-0.05, 0) is 43.9 Å². The monoisotopic (exact) mass is 376 g/mol. The number of thiophene rings is 1. The van der Waals surface area contributed by atoms with Crippen LogP contribution >= 0.6 is 11.3 Å². The first-order chi connectivity index (χ1) is 12.5. The van der Waals surface area contributed by atoms with E-state index in [2.05, 4.69) is 5.32 Å². The van der Waals surface area contributed by atoms with Gasteiger partial charge in [0, 0.05) is 18.1 Å². The summed E-state index contributed by atoms with van der Waals surface area (Å²) < 4.78 is 11.8. The van der Waals surface area contributed by atoms with E-state index in [1.54, 1.807) is 36.9 Å². The molecule has 2 aromatic rings. The summed E-state index contributed by atoms with van der Waals surface area (Å²) in [6.45, 7) is 1.59. The van der Waals surface area contributed by atoms with Gasteiger partial charge in [-0.2, -0.15) is 0 Å². The number of aromatic nitrogens is 1. The van der Waals surface area contributed by atoms with Gasteiger partial charge in [-0.3, -0.25) is 4.79 Å². The Morgan fingerprint density at radius 1 is 1.23 bits per heavy atom. The molecule has 3 rings (SSSR count). The van der Waals surface area contributed by atoms with Crippen LogP contribution in [0.4, 0.5) is 5.00 Å². The summed E-state index contributed by atoms with van der Waals surface area (Å²) in [5.41, 5.74) is 1.76. The van der Waals surface area contributed by atoms with Gasteiger partial charge in [0.05, 0.1) is 12.2 Å². The van der Waals surface area contributed by atoms with Gasteiger partial charge in [0.15, 0.2) is 6.61 Å². The normalized spacial score (nSPS) is 12.5. The molecule has 1 aliphatic rings. The fourth-order valence-corrected chi connectivity index (χ4v) is 4.25. The van der Waals surface area contributed by atoms with Gasteiger partial charge in [0.1, 0.15) is 10.7 Å². The van der Waals surface area contributed by atoms with Crippen molar-refractivity contribution >= 4 is 34.2 Å². The summed E-state index contributed by atoms with van der Waals surface area (Å²) in [4.78, 5) is 37.5. The summed E-state index contributed by atoms with van der Waals surface area (Å²) >= 11 is 1.39. The number of esters is 2. The quantitative estimate of drug-likeness (QED) is 0.783. The number of ether oxygens (including phenoxy) is 2. The van der Waals surface area contributed by atoms with E-state index in [0.29, 0.717) is 16.3 Å². The van der Waals surface area contributed by atoms with Crippen molar-refractivity contribution in [3.63, 3.8) is 0 Å². The second-order valence-corrected chi connectivity index (χ2v) is 7.02. The molecule has 0 fully saturated rings. The molecule has 1 N–H and O–H groups in total. The van der Waals surface area contributed by atoms with E-state index < -0.39 is 24.5 Å². The number of carbonyl (C=O) groups is 3. The minimum Gasteiger partial charge on any atom is -0.462 e. The molecule has 0 unspecified atom stereocenters. The van der Waals surface area contributed by atoms with Gasteiger partial charge in [-0.15, -0.1) is 11.3 Å². The van der Waals surface area contributed by atoms with Gasteiger partial charge in [0.2, 0.25) is 0 Å². The maximum absolute atomic E-state index is 12.3. The van der Waals surface area contributed by atoms with Crippen molar-refractivity contribution < 1.29 is 23.9 Å². The first-order valence-corrected chi connectivity index (χ1v) is 9.22. The van der Waals surface area contributed by atoms with Crippen LogP contribution in [0.25, 0.3) is 0 Å². The summed E-state index contributed by atoms with van der Waals surface area (Å²) in [7, 11) is 1.72. The van der Waals surface area contributed by atoms with Gasteiger partial charge in [-0.1, -0.05) is 0 Å². The molecule has 0 aromatic carbocycles. The van der Waals surface area contributed by atoms with E-state index >= 15 is 0 Å². The molecule has 0 bridgehead atoms. The number of fused-ring (bicyclic) bond motifs is 1. The van der Waals surface area contributed by atoms with Crippen LogP contribution in [0.2, 0.25) is 0 Å². The molecule has 138 valence electrons. The Labute approximate surface area is 154 Å². The third-order valence-corrected chi connectivity index (χ3v) is 5.35. The number of hydrogen-bond donors (Lipinski definition) is 1. The van der Waals surface area contributed by atoms with Crippen LogP contribution in [0.1, 0.15) is 44.6 Å². The van der Waals surface area contributed by atoms with Crippen LogP contribution in [-0.4, -0.2) is 35.6 Å². The Morgan fingerprint density at radius 2 is 2.04 bits per heavy atom. The van der Waals surface area contributed by atoms with Crippen molar-refractivity contribution in [3.8, 4) is 0 Å². The van der Waals surface area contributed by atoms with Crippen molar-refractivity contribution in [1.29, 1.82) is 0 Å². The summed E-state index contributed by atoms with van der Waals surface area (Å²) in [5.74, 6) is -1.49. The van der Waals surface area contributed by atoms with E-state index in [0.717, 1.165) is 29.7 Å². The minimum atomic E-state index is -0.577. The van der Waals surface area contributed by atoms with E-state index in [-0.39, 0.29) is 6.61 Å². The van der Waals surface area contributed by atoms with Crippen molar-refractivity contribution in [2.45, 2.75) is 26.2 Å². The molecule has 0 spiro atoms. The number of amides is 1. The van der Waals surface area contributed by atoms with Gasteiger partial charge >= 0.3 is 11.9 Å². The van der Waals surface area contributed by atoms with Crippen molar-refractivity contribution in [1.82, 2.24) is 4.57 Å². The van der Waals surface area contributed by atoms with E-state index in [1.807, 2.05) is 0 Å². The number of nitrogens with one attached hydrogen (secondary N) is 1. The van der Waals surface area contributed by atoms with Gasteiger partial charge < -0.3 is 19.4 Å². The SMILES string of the molecule is CCOC(=O)c1c(NC(=O)COC(=O)c2cccn2C)sc2c1CCC2. The highest BCUT2D eigenvalue weighted by molar-refractivity contribution is 7.17. The van der Waals surface area contributed by atoms with Crippen molar-refractivity contribution in [2.24, 2.45) is 7.05 Å². The molecule has 26 heavy (non-hydrogen) atoms. The second-order valence-electron chi connectivity index (χ2n) is 5.91. The summed E-state index contributed by atoms with van der Waals surface area (Å²) in [6.07, 6.45) is 4.41. The molecule has 1 amide bonds. The Bertz CT molecular complexity index is 852. The maximum atomic E-state index is 12.3. The van der Waals surface area contributed by atoms with E-state index in [9.17, 15) is 14.4 Å². The lowest BCUT2D eigenvalue weighted by Crippen LogP contribution is -2.22. The topological polar surface area (TPSA) is 86.6 Å². The minimum absolute atomic E-state index is 0.269. The number of nitrogens with zero attached hydrogens (tertiary/aromatic N) is 1. The molecule has 8 heteroatoms. The van der Waals surface area contributed by atoms with Crippen LogP contribution < -0.4 is 5.32 Å². The number of anilines is 1. The highest BCUT2D eigenvalue weighted by atomic mass is 32.1. The Balaban J connectivity index is 1.67. The predicted molar refractivity (Wildman–Crippen MR) is 96.6 cm³/mol. The maximum Gasteiger partial charge on any atom is 0.355 e. The average Bonchev–Trinajstić information content (AvgIpc) is 3.28. The van der Waals surface area contributed by atoms with Crippen molar-refractivity contribution in [2.75, 3.05) is 18.5 Å². The number of hydrogen-bond acceptors (Lipinski definition) is 6. The molecule has 0 aliphatic heterocycles. The zero-order chi connectivity index (χ0) is 18.7. The molecule has 0 saturated heterocycles. The number of rotatable bonds is 6. The van der Waals surface area contributed by atoms with Crippen molar-refractivity contribution in [3.05, 3.63) is 40.0 Å². The van der Waals surface area contributed by atoms with Crippen LogP contribution in [0.15, 0.2) is 18.3 Å².